The minimum atomic E-state index is -1.09. The molecule has 1 N–H and O–H groups in total. The fourth-order valence-corrected chi connectivity index (χ4v) is 2.12. The molecular formula is C17H17N3O3. The van der Waals surface area contributed by atoms with Gasteiger partial charge < -0.3 is 9.84 Å². The zero-order valence-corrected chi connectivity index (χ0v) is 12.9. The number of rotatable bonds is 6. The minimum Gasteiger partial charge on any atom is -0.489 e. The second-order valence-corrected chi connectivity index (χ2v) is 5.06. The Hall–Kier alpha value is -2.94. The van der Waals surface area contributed by atoms with Crippen LogP contribution in [0.15, 0.2) is 36.5 Å². The van der Waals surface area contributed by atoms with Crippen LogP contribution in [0.1, 0.15) is 30.8 Å². The van der Waals surface area contributed by atoms with Gasteiger partial charge in [0, 0.05) is 11.8 Å². The van der Waals surface area contributed by atoms with Crippen molar-refractivity contribution in [2.24, 2.45) is 5.92 Å². The summed E-state index contributed by atoms with van der Waals surface area (Å²) >= 11 is 0. The number of aromatic nitrogens is 2. The van der Waals surface area contributed by atoms with E-state index in [1.54, 1.807) is 24.3 Å². The van der Waals surface area contributed by atoms with Crippen LogP contribution in [0.5, 0.6) is 5.75 Å². The van der Waals surface area contributed by atoms with E-state index in [1.807, 2.05) is 13.8 Å². The van der Waals surface area contributed by atoms with Crippen LogP contribution in [0.2, 0.25) is 0 Å². The molecule has 0 amide bonds. The first-order valence-corrected chi connectivity index (χ1v) is 7.28. The number of ether oxygens (including phenoxy) is 1. The van der Waals surface area contributed by atoms with Crippen LogP contribution in [0, 0.1) is 17.2 Å². The summed E-state index contributed by atoms with van der Waals surface area (Å²) in [5.41, 5.74) is 0.643. The van der Waals surface area contributed by atoms with Gasteiger partial charge in [0.05, 0.1) is 12.0 Å². The fourth-order valence-electron chi connectivity index (χ4n) is 2.12. The summed E-state index contributed by atoms with van der Waals surface area (Å²) in [6, 6.07) is 10.6. The molecule has 0 aliphatic heterocycles. The first-order valence-electron chi connectivity index (χ1n) is 7.28. The zero-order valence-electron chi connectivity index (χ0n) is 12.9. The van der Waals surface area contributed by atoms with Gasteiger partial charge in [-0.15, -0.1) is 0 Å². The van der Waals surface area contributed by atoms with E-state index in [2.05, 4.69) is 16.0 Å². The fraction of sp³-hybridized carbons (Fsp3) is 0.294. The second kappa shape index (κ2) is 7.36. The second-order valence-electron chi connectivity index (χ2n) is 5.06. The molecule has 23 heavy (non-hydrogen) atoms. The average molecular weight is 311 g/mol. The van der Waals surface area contributed by atoms with E-state index in [1.165, 1.54) is 12.3 Å². The quantitative estimate of drug-likeness (QED) is 0.880. The van der Waals surface area contributed by atoms with Crippen LogP contribution < -0.4 is 4.74 Å². The van der Waals surface area contributed by atoms with Gasteiger partial charge in [0.25, 0.3) is 0 Å². The molecule has 0 radical (unpaired) electrons. The number of carboxylic acids is 1. The van der Waals surface area contributed by atoms with Gasteiger partial charge in [0.2, 0.25) is 0 Å². The molecule has 0 aliphatic rings. The van der Waals surface area contributed by atoms with Crippen molar-refractivity contribution in [2.75, 3.05) is 0 Å². The maximum absolute atomic E-state index is 10.9. The lowest BCUT2D eigenvalue weighted by Gasteiger charge is -2.18. The smallest absolute Gasteiger partial charge is 0.354 e. The summed E-state index contributed by atoms with van der Waals surface area (Å²) in [6.45, 7) is 3.81. The van der Waals surface area contributed by atoms with E-state index < -0.39 is 5.97 Å². The highest BCUT2D eigenvalue weighted by Gasteiger charge is 2.16. The molecule has 0 fully saturated rings. The van der Waals surface area contributed by atoms with Gasteiger partial charge in [-0.3, -0.25) is 0 Å². The Morgan fingerprint density at radius 1 is 1.35 bits per heavy atom. The summed E-state index contributed by atoms with van der Waals surface area (Å²) in [5.74, 6) is -0.271. The molecule has 6 nitrogen and oxygen atoms in total. The van der Waals surface area contributed by atoms with Crippen LogP contribution in [0.4, 0.5) is 0 Å². The summed E-state index contributed by atoms with van der Waals surface area (Å²) in [6.07, 6.45) is 1.94. The Labute approximate surface area is 134 Å². The van der Waals surface area contributed by atoms with Gasteiger partial charge >= 0.3 is 5.97 Å². The number of hydrogen-bond acceptors (Lipinski definition) is 5. The van der Waals surface area contributed by atoms with Crippen molar-refractivity contribution >= 4 is 5.97 Å². The maximum Gasteiger partial charge on any atom is 0.354 e. The molecule has 0 saturated carbocycles. The van der Waals surface area contributed by atoms with Crippen molar-refractivity contribution in [3.63, 3.8) is 0 Å². The number of nitriles is 1. The lowest BCUT2D eigenvalue weighted by Crippen LogP contribution is -2.21. The van der Waals surface area contributed by atoms with E-state index in [4.69, 9.17) is 15.1 Å². The van der Waals surface area contributed by atoms with Crippen molar-refractivity contribution in [1.29, 1.82) is 5.26 Å². The maximum atomic E-state index is 10.9. The van der Waals surface area contributed by atoms with Crippen molar-refractivity contribution in [3.8, 4) is 23.2 Å². The Kier molecular flexibility index (Phi) is 5.26. The molecule has 1 aromatic heterocycles. The third-order valence-corrected chi connectivity index (χ3v) is 3.48. The number of aromatic carboxylic acids is 1. The van der Waals surface area contributed by atoms with E-state index in [9.17, 15) is 4.79 Å². The minimum absolute atomic E-state index is 0.0521. The molecule has 0 saturated heterocycles. The molecule has 6 heteroatoms. The molecule has 118 valence electrons. The van der Waals surface area contributed by atoms with Crippen LogP contribution in [-0.4, -0.2) is 27.1 Å². The molecule has 2 unspecified atom stereocenters. The Morgan fingerprint density at radius 2 is 2.04 bits per heavy atom. The lowest BCUT2D eigenvalue weighted by atomic mass is 10.0. The van der Waals surface area contributed by atoms with Crippen LogP contribution in [0.3, 0.4) is 0 Å². The first kappa shape index (κ1) is 16.4. The summed E-state index contributed by atoms with van der Waals surface area (Å²) in [7, 11) is 0. The van der Waals surface area contributed by atoms with Crippen LogP contribution >= 0.6 is 0 Å². The molecule has 2 rings (SSSR count). The van der Waals surface area contributed by atoms with E-state index in [0.717, 1.165) is 6.42 Å². The van der Waals surface area contributed by atoms with E-state index >= 15 is 0 Å². The van der Waals surface area contributed by atoms with Crippen molar-refractivity contribution in [3.05, 3.63) is 42.2 Å². The molecule has 2 aromatic rings. The van der Waals surface area contributed by atoms with Gasteiger partial charge in [-0.2, -0.15) is 5.26 Å². The third-order valence-electron chi connectivity index (χ3n) is 3.48. The number of carbonyl (C=O) groups is 1. The molecule has 0 aliphatic carbocycles. The van der Waals surface area contributed by atoms with Gasteiger partial charge in [-0.1, -0.05) is 6.92 Å². The summed E-state index contributed by atoms with van der Waals surface area (Å²) in [4.78, 5) is 19.0. The molecule has 0 bridgehead atoms. The number of nitrogens with zero attached hydrogens (tertiary/aromatic N) is 3. The monoisotopic (exact) mass is 311 g/mol. The van der Waals surface area contributed by atoms with E-state index in [0.29, 0.717) is 17.1 Å². The van der Waals surface area contributed by atoms with Crippen molar-refractivity contribution in [2.45, 2.75) is 26.4 Å². The highest BCUT2D eigenvalue weighted by atomic mass is 16.5. The number of hydrogen-bond donors (Lipinski definition) is 1. The highest BCUT2D eigenvalue weighted by Crippen LogP contribution is 2.22. The standard InChI is InChI=1S/C17H17N3O3/c1-3-12(10-18)11(2)23-14-6-4-13(5-7-14)16-19-9-8-15(20-16)17(21)22/h4-9,11-12H,3H2,1-2H3,(H,21,22). The zero-order chi connectivity index (χ0) is 16.8. The Balaban J connectivity index is 2.15. The SMILES string of the molecule is CCC(C#N)C(C)Oc1ccc(-c2nccc(C(=O)O)n2)cc1. The molecular weight excluding hydrogens is 294 g/mol. The predicted octanol–water partition coefficient (Wildman–Crippen LogP) is 3.16. The van der Waals surface area contributed by atoms with Crippen LogP contribution in [-0.2, 0) is 0 Å². The number of carboxylic acid groups (broad SMARTS) is 1. The van der Waals surface area contributed by atoms with Gasteiger partial charge in [0.1, 0.15) is 11.9 Å². The molecule has 2 atom stereocenters. The predicted molar refractivity (Wildman–Crippen MR) is 83.9 cm³/mol. The molecule has 1 aromatic carbocycles. The van der Waals surface area contributed by atoms with E-state index in [-0.39, 0.29) is 17.7 Å². The normalized spacial score (nSPS) is 12.9. The summed E-state index contributed by atoms with van der Waals surface area (Å²) in [5, 5.41) is 18.0. The number of benzene rings is 1. The Bertz CT molecular complexity index is 723. The van der Waals surface area contributed by atoms with Crippen molar-refractivity contribution in [1.82, 2.24) is 9.97 Å². The highest BCUT2D eigenvalue weighted by molar-refractivity contribution is 5.85. The van der Waals surface area contributed by atoms with Crippen LogP contribution in [0.25, 0.3) is 11.4 Å². The Morgan fingerprint density at radius 3 is 2.61 bits per heavy atom. The largest absolute Gasteiger partial charge is 0.489 e. The average Bonchev–Trinajstić information content (AvgIpc) is 2.56. The third kappa shape index (κ3) is 4.04. The lowest BCUT2D eigenvalue weighted by molar-refractivity contribution is 0.0690. The molecule has 0 spiro atoms. The van der Waals surface area contributed by atoms with Gasteiger partial charge in [-0.25, -0.2) is 14.8 Å². The molecule has 1 heterocycles. The van der Waals surface area contributed by atoms with Gasteiger partial charge in [-0.05, 0) is 43.7 Å². The van der Waals surface area contributed by atoms with Gasteiger partial charge in [0.15, 0.2) is 11.5 Å². The topological polar surface area (TPSA) is 96.1 Å². The van der Waals surface area contributed by atoms with Crippen molar-refractivity contribution < 1.29 is 14.6 Å². The summed E-state index contributed by atoms with van der Waals surface area (Å²) < 4.78 is 5.75. The first-order chi connectivity index (χ1) is 11.0.